The van der Waals surface area contributed by atoms with Crippen LogP contribution in [0.2, 0.25) is 5.02 Å². The molecule has 1 aromatic carbocycles. The average Bonchev–Trinajstić information content (AvgIpc) is 2.63. The van der Waals surface area contributed by atoms with Crippen molar-refractivity contribution in [2.24, 2.45) is 5.92 Å². The zero-order valence-corrected chi connectivity index (χ0v) is 16.5. The van der Waals surface area contributed by atoms with Crippen LogP contribution in [0.15, 0.2) is 21.3 Å². The molecule has 2 aromatic rings. The standard InChI is InChI=1S/C20H24ClFO5/c1-12(2)19(23)26-9-7-5-4-6-8-25-17-11-16-14(10-15(17)21)13(3)18(22)20(24)27-16/h10-12H,4-9H2,1-3H3. The smallest absolute Gasteiger partial charge is 0.372 e. The number of rotatable bonds is 9. The predicted octanol–water partition coefficient (Wildman–Crippen LogP) is 5.03. The maximum absolute atomic E-state index is 13.6. The van der Waals surface area contributed by atoms with Crippen molar-refractivity contribution in [1.29, 1.82) is 0 Å². The number of carbonyl (C=O) groups excluding carboxylic acids is 1. The van der Waals surface area contributed by atoms with Crippen LogP contribution in [0.3, 0.4) is 0 Å². The highest BCUT2D eigenvalue weighted by Gasteiger charge is 2.14. The summed E-state index contributed by atoms with van der Waals surface area (Å²) >= 11 is 6.19. The van der Waals surface area contributed by atoms with E-state index in [9.17, 15) is 14.0 Å². The van der Waals surface area contributed by atoms with E-state index in [-0.39, 0.29) is 23.0 Å². The number of halogens is 2. The van der Waals surface area contributed by atoms with Gasteiger partial charge in [-0.3, -0.25) is 4.79 Å². The molecular formula is C20H24ClFO5. The van der Waals surface area contributed by atoms with Crippen LogP contribution in [0.4, 0.5) is 4.39 Å². The first-order valence-electron chi connectivity index (χ1n) is 9.03. The van der Waals surface area contributed by atoms with E-state index in [1.165, 1.54) is 19.1 Å². The van der Waals surface area contributed by atoms with Gasteiger partial charge in [0.1, 0.15) is 11.3 Å². The minimum Gasteiger partial charge on any atom is -0.492 e. The van der Waals surface area contributed by atoms with Crippen molar-refractivity contribution in [3.63, 3.8) is 0 Å². The second-order valence-corrected chi connectivity index (χ2v) is 7.10. The van der Waals surface area contributed by atoms with Crippen molar-refractivity contribution < 1.29 is 23.1 Å². The monoisotopic (exact) mass is 398 g/mol. The lowest BCUT2D eigenvalue weighted by Gasteiger charge is -2.10. The number of hydrogen-bond acceptors (Lipinski definition) is 5. The molecule has 0 saturated carbocycles. The Morgan fingerprint density at radius 3 is 2.52 bits per heavy atom. The Hall–Kier alpha value is -2.08. The van der Waals surface area contributed by atoms with Crippen molar-refractivity contribution in [2.45, 2.75) is 46.5 Å². The van der Waals surface area contributed by atoms with E-state index in [0.717, 1.165) is 25.7 Å². The number of fused-ring (bicyclic) bond motifs is 1. The summed E-state index contributed by atoms with van der Waals surface area (Å²) in [6, 6.07) is 3.05. The molecule has 0 saturated heterocycles. The number of unbranched alkanes of at least 4 members (excludes halogenated alkanes) is 3. The van der Waals surface area contributed by atoms with Crippen molar-refractivity contribution in [3.8, 4) is 5.75 Å². The van der Waals surface area contributed by atoms with Gasteiger partial charge in [-0.2, -0.15) is 4.39 Å². The third-order valence-electron chi connectivity index (χ3n) is 4.16. The highest BCUT2D eigenvalue weighted by atomic mass is 35.5. The van der Waals surface area contributed by atoms with Gasteiger partial charge in [-0.1, -0.05) is 25.4 Å². The summed E-state index contributed by atoms with van der Waals surface area (Å²) in [6.07, 6.45) is 3.46. The zero-order valence-electron chi connectivity index (χ0n) is 15.8. The Kier molecular flexibility index (Phi) is 7.66. The highest BCUT2D eigenvalue weighted by molar-refractivity contribution is 6.32. The highest BCUT2D eigenvalue weighted by Crippen LogP contribution is 2.31. The minimum absolute atomic E-state index is 0.102. The number of benzene rings is 1. The molecule has 0 aliphatic rings. The summed E-state index contributed by atoms with van der Waals surface area (Å²) in [5.74, 6) is -0.795. The van der Waals surface area contributed by atoms with E-state index >= 15 is 0 Å². The number of ether oxygens (including phenoxy) is 2. The lowest BCUT2D eigenvalue weighted by Crippen LogP contribution is -2.12. The summed E-state index contributed by atoms with van der Waals surface area (Å²) in [6.45, 7) is 6.00. The second-order valence-electron chi connectivity index (χ2n) is 6.69. The van der Waals surface area contributed by atoms with Gasteiger partial charge in [0.25, 0.3) is 0 Å². The van der Waals surface area contributed by atoms with Crippen LogP contribution in [0.5, 0.6) is 5.75 Å². The molecule has 1 heterocycles. The van der Waals surface area contributed by atoms with Gasteiger partial charge in [-0.15, -0.1) is 0 Å². The first-order valence-corrected chi connectivity index (χ1v) is 9.41. The molecule has 0 atom stereocenters. The largest absolute Gasteiger partial charge is 0.492 e. The average molecular weight is 399 g/mol. The van der Waals surface area contributed by atoms with E-state index in [4.69, 9.17) is 25.5 Å². The number of carbonyl (C=O) groups is 1. The van der Waals surface area contributed by atoms with Crippen molar-refractivity contribution >= 4 is 28.5 Å². The second kappa shape index (κ2) is 9.74. The third-order valence-corrected chi connectivity index (χ3v) is 4.46. The molecule has 0 fully saturated rings. The van der Waals surface area contributed by atoms with Gasteiger partial charge in [0.2, 0.25) is 5.82 Å². The van der Waals surface area contributed by atoms with Gasteiger partial charge >= 0.3 is 11.6 Å². The van der Waals surface area contributed by atoms with Gasteiger partial charge in [-0.25, -0.2) is 4.79 Å². The van der Waals surface area contributed by atoms with Crippen LogP contribution in [-0.2, 0) is 9.53 Å². The Morgan fingerprint density at radius 2 is 1.85 bits per heavy atom. The predicted molar refractivity (Wildman–Crippen MR) is 102 cm³/mol. The Labute approximate surface area is 162 Å². The number of esters is 1. The Balaban J connectivity index is 1.80. The minimum atomic E-state index is -1.01. The molecular weight excluding hydrogens is 375 g/mol. The van der Waals surface area contributed by atoms with Crippen LogP contribution in [0.1, 0.15) is 45.1 Å². The zero-order chi connectivity index (χ0) is 20.0. The van der Waals surface area contributed by atoms with E-state index in [1.54, 1.807) is 13.8 Å². The van der Waals surface area contributed by atoms with Crippen LogP contribution < -0.4 is 10.4 Å². The molecule has 0 bridgehead atoms. The normalized spacial score (nSPS) is 11.2. The first kappa shape index (κ1) is 21.2. The van der Waals surface area contributed by atoms with Crippen molar-refractivity contribution in [3.05, 3.63) is 39.0 Å². The van der Waals surface area contributed by atoms with Gasteiger partial charge in [0.05, 0.1) is 24.2 Å². The Morgan fingerprint density at radius 1 is 1.19 bits per heavy atom. The van der Waals surface area contributed by atoms with E-state index in [0.29, 0.717) is 29.4 Å². The molecule has 0 aliphatic carbocycles. The van der Waals surface area contributed by atoms with Crippen LogP contribution in [0, 0.1) is 18.7 Å². The molecule has 0 amide bonds. The van der Waals surface area contributed by atoms with E-state index in [2.05, 4.69) is 0 Å². The summed E-state index contributed by atoms with van der Waals surface area (Å²) in [5, 5.41) is 0.778. The first-order chi connectivity index (χ1) is 12.8. The molecule has 0 radical (unpaired) electrons. The van der Waals surface area contributed by atoms with Crippen LogP contribution in [0.25, 0.3) is 11.0 Å². The van der Waals surface area contributed by atoms with E-state index in [1.807, 2.05) is 0 Å². The molecule has 0 N–H and O–H groups in total. The summed E-state index contributed by atoms with van der Waals surface area (Å²) < 4.78 is 29.4. The molecule has 148 valence electrons. The van der Waals surface area contributed by atoms with Gasteiger partial charge < -0.3 is 13.9 Å². The quantitative estimate of drug-likeness (QED) is 0.336. The lowest BCUT2D eigenvalue weighted by molar-refractivity contribution is -0.147. The summed E-state index contributed by atoms with van der Waals surface area (Å²) in [5.41, 5.74) is -0.565. The maximum atomic E-state index is 13.6. The van der Waals surface area contributed by atoms with Crippen LogP contribution >= 0.6 is 11.6 Å². The Bertz CT molecular complexity index is 860. The molecule has 1 aromatic heterocycles. The number of hydrogen-bond donors (Lipinski definition) is 0. The molecule has 0 aliphatic heterocycles. The molecule has 0 unspecified atom stereocenters. The fourth-order valence-electron chi connectivity index (χ4n) is 2.52. The maximum Gasteiger partial charge on any atom is 0.372 e. The molecule has 5 nitrogen and oxygen atoms in total. The van der Waals surface area contributed by atoms with Crippen LogP contribution in [-0.4, -0.2) is 19.2 Å². The van der Waals surface area contributed by atoms with Crippen molar-refractivity contribution in [2.75, 3.05) is 13.2 Å². The van der Waals surface area contributed by atoms with Gasteiger partial charge in [0.15, 0.2) is 0 Å². The molecule has 0 spiro atoms. The topological polar surface area (TPSA) is 65.7 Å². The van der Waals surface area contributed by atoms with Gasteiger partial charge in [0, 0.05) is 17.0 Å². The molecule has 2 rings (SSSR count). The summed E-state index contributed by atoms with van der Waals surface area (Å²) in [4.78, 5) is 22.8. The SMILES string of the molecule is Cc1c(F)c(=O)oc2cc(OCCCCCCOC(=O)C(C)C)c(Cl)cc12. The third kappa shape index (κ3) is 5.70. The summed E-state index contributed by atoms with van der Waals surface area (Å²) in [7, 11) is 0. The fourth-order valence-corrected chi connectivity index (χ4v) is 2.74. The van der Waals surface area contributed by atoms with Gasteiger partial charge in [-0.05, 0) is 38.7 Å². The van der Waals surface area contributed by atoms with Crippen molar-refractivity contribution in [1.82, 2.24) is 0 Å². The lowest BCUT2D eigenvalue weighted by atomic mass is 10.1. The number of aryl methyl sites for hydroxylation is 1. The molecule has 7 heteroatoms. The molecule has 27 heavy (non-hydrogen) atoms. The van der Waals surface area contributed by atoms with E-state index < -0.39 is 11.4 Å². The fraction of sp³-hybridized carbons (Fsp3) is 0.500.